The van der Waals surface area contributed by atoms with E-state index in [0.717, 1.165) is 6.42 Å². The SMILES string of the molecule is CCc1csc(C(C)C)n1. The molecule has 0 aromatic carbocycles. The lowest BCUT2D eigenvalue weighted by atomic mass is 10.2. The van der Waals surface area contributed by atoms with E-state index in [-0.39, 0.29) is 0 Å². The molecule has 1 aromatic rings. The summed E-state index contributed by atoms with van der Waals surface area (Å²) in [6.07, 6.45) is 1.06. The Morgan fingerprint density at radius 2 is 2.30 bits per heavy atom. The van der Waals surface area contributed by atoms with Gasteiger partial charge in [0, 0.05) is 11.3 Å². The minimum absolute atomic E-state index is 0.588. The summed E-state index contributed by atoms with van der Waals surface area (Å²) < 4.78 is 0. The summed E-state index contributed by atoms with van der Waals surface area (Å²) in [5.41, 5.74) is 1.23. The summed E-state index contributed by atoms with van der Waals surface area (Å²) in [5, 5.41) is 3.41. The fraction of sp³-hybridized carbons (Fsp3) is 0.625. The molecule has 0 amide bonds. The summed E-state index contributed by atoms with van der Waals surface area (Å²) in [4.78, 5) is 4.45. The molecule has 0 saturated heterocycles. The van der Waals surface area contributed by atoms with Crippen molar-refractivity contribution in [2.24, 2.45) is 0 Å². The molecule has 0 unspecified atom stereocenters. The second-order valence-corrected chi connectivity index (χ2v) is 3.58. The summed E-state index contributed by atoms with van der Waals surface area (Å²) in [7, 11) is 0. The van der Waals surface area contributed by atoms with E-state index in [1.54, 1.807) is 11.3 Å². The molecule has 2 heteroatoms. The van der Waals surface area contributed by atoms with Crippen molar-refractivity contribution in [2.45, 2.75) is 33.1 Å². The first kappa shape index (κ1) is 7.73. The van der Waals surface area contributed by atoms with Gasteiger partial charge in [-0.25, -0.2) is 4.98 Å². The van der Waals surface area contributed by atoms with E-state index in [0.29, 0.717) is 5.92 Å². The smallest absolute Gasteiger partial charge is 0.0953 e. The van der Waals surface area contributed by atoms with Crippen LogP contribution in [0.2, 0.25) is 0 Å². The predicted molar refractivity (Wildman–Crippen MR) is 45.6 cm³/mol. The molecule has 0 atom stereocenters. The average Bonchev–Trinajstić information content (AvgIpc) is 2.34. The molecular formula is C8H13NS. The van der Waals surface area contributed by atoms with Crippen LogP contribution < -0.4 is 0 Å². The second-order valence-electron chi connectivity index (χ2n) is 2.69. The molecule has 0 bridgehead atoms. The van der Waals surface area contributed by atoms with E-state index in [2.05, 4.69) is 31.1 Å². The zero-order chi connectivity index (χ0) is 7.56. The maximum atomic E-state index is 4.45. The summed E-state index contributed by atoms with van der Waals surface area (Å²) >= 11 is 1.77. The van der Waals surface area contributed by atoms with Crippen molar-refractivity contribution in [1.82, 2.24) is 4.98 Å². The molecule has 0 saturated carbocycles. The first-order chi connectivity index (χ1) is 4.74. The summed E-state index contributed by atoms with van der Waals surface area (Å²) in [5.74, 6) is 0.588. The van der Waals surface area contributed by atoms with Crippen molar-refractivity contribution in [3.63, 3.8) is 0 Å². The highest BCUT2D eigenvalue weighted by Gasteiger charge is 2.02. The van der Waals surface area contributed by atoms with Crippen LogP contribution in [0.5, 0.6) is 0 Å². The molecule has 1 rings (SSSR count). The fourth-order valence-corrected chi connectivity index (χ4v) is 1.67. The van der Waals surface area contributed by atoms with E-state index in [1.165, 1.54) is 10.7 Å². The van der Waals surface area contributed by atoms with Gasteiger partial charge in [-0.05, 0) is 6.42 Å². The average molecular weight is 155 g/mol. The molecule has 0 spiro atoms. The lowest BCUT2D eigenvalue weighted by Crippen LogP contribution is -1.86. The minimum Gasteiger partial charge on any atom is -0.246 e. The van der Waals surface area contributed by atoms with E-state index < -0.39 is 0 Å². The molecule has 0 fully saturated rings. The van der Waals surface area contributed by atoms with Crippen LogP contribution in [0.25, 0.3) is 0 Å². The third kappa shape index (κ3) is 1.57. The van der Waals surface area contributed by atoms with Crippen LogP contribution >= 0.6 is 11.3 Å². The second kappa shape index (κ2) is 3.15. The zero-order valence-corrected chi connectivity index (χ0v) is 7.53. The number of aryl methyl sites for hydroxylation is 1. The van der Waals surface area contributed by atoms with Crippen LogP contribution in [-0.4, -0.2) is 4.98 Å². The van der Waals surface area contributed by atoms with Crippen LogP contribution in [0.3, 0.4) is 0 Å². The maximum Gasteiger partial charge on any atom is 0.0953 e. The summed E-state index contributed by atoms with van der Waals surface area (Å²) in [6.45, 7) is 6.50. The van der Waals surface area contributed by atoms with Crippen molar-refractivity contribution >= 4 is 11.3 Å². The quantitative estimate of drug-likeness (QED) is 0.640. The van der Waals surface area contributed by atoms with Crippen molar-refractivity contribution in [1.29, 1.82) is 0 Å². The van der Waals surface area contributed by atoms with Gasteiger partial charge in [0.2, 0.25) is 0 Å². The van der Waals surface area contributed by atoms with Crippen LogP contribution in [0.15, 0.2) is 5.38 Å². The van der Waals surface area contributed by atoms with Gasteiger partial charge in [-0.2, -0.15) is 0 Å². The topological polar surface area (TPSA) is 12.9 Å². The maximum absolute atomic E-state index is 4.45. The lowest BCUT2D eigenvalue weighted by molar-refractivity contribution is 0.840. The van der Waals surface area contributed by atoms with Crippen molar-refractivity contribution in [3.8, 4) is 0 Å². The van der Waals surface area contributed by atoms with Gasteiger partial charge in [0.15, 0.2) is 0 Å². The molecule has 0 aliphatic heterocycles. The molecule has 0 aliphatic rings. The Morgan fingerprint density at radius 3 is 2.60 bits per heavy atom. The Balaban J connectivity index is 2.78. The number of hydrogen-bond donors (Lipinski definition) is 0. The first-order valence-electron chi connectivity index (χ1n) is 3.68. The third-order valence-corrected chi connectivity index (χ3v) is 2.62. The van der Waals surface area contributed by atoms with Gasteiger partial charge >= 0.3 is 0 Å². The molecular weight excluding hydrogens is 142 g/mol. The van der Waals surface area contributed by atoms with E-state index in [9.17, 15) is 0 Å². The molecule has 0 radical (unpaired) electrons. The molecule has 1 nitrogen and oxygen atoms in total. The van der Waals surface area contributed by atoms with Gasteiger partial charge in [-0.15, -0.1) is 11.3 Å². The standard InChI is InChI=1S/C8H13NS/c1-4-7-5-10-8(9-7)6(2)3/h5-6H,4H2,1-3H3. The van der Waals surface area contributed by atoms with Crippen LogP contribution in [0, 0.1) is 0 Å². The summed E-state index contributed by atoms with van der Waals surface area (Å²) in [6, 6.07) is 0. The Hall–Kier alpha value is -0.370. The van der Waals surface area contributed by atoms with Gasteiger partial charge < -0.3 is 0 Å². The molecule has 0 aliphatic carbocycles. The monoisotopic (exact) mass is 155 g/mol. The van der Waals surface area contributed by atoms with E-state index in [1.807, 2.05) is 0 Å². The fourth-order valence-electron chi connectivity index (χ4n) is 0.750. The lowest BCUT2D eigenvalue weighted by Gasteiger charge is -1.95. The molecule has 56 valence electrons. The predicted octanol–water partition coefficient (Wildman–Crippen LogP) is 2.83. The highest BCUT2D eigenvalue weighted by atomic mass is 32.1. The number of aromatic nitrogens is 1. The third-order valence-electron chi connectivity index (χ3n) is 1.43. The largest absolute Gasteiger partial charge is 0.246 e. The Morgan fingerprint density at radius 1 is 1.60 bits per heavy atom. The Labute approximate surface area is 66.1 Å². The van der Waals surface area contributed by atoms with Crippen molar-refractivity contribution in [3.05, 3.63) is 16.1 Å². The molecule has 10 heavy (non-hydrogen) atoms. The number of rotatable bonds is 2. The van der Waals surface area contributed by atoms with Gasteiger partial charge in [-0.3, -0.25) is 0 Å². The van der Waals surface area contributed by atoms with Crippen molar-refractivity contribution in [2.75, 3.05) is 0 Å². The molecule has 1 aromatic heterocycles. The van der Waals surface area contributed by atoms with Crippen LogP contribution in [0.4, 0.5) is 0 Å². The van der Waals surface area contributed by atoms with Gasteiger partial charge in [0.05, 0.1) is 10.7 Å². The van der Waals surface area contributed by atoms with E-state index >= 15 is 0 Å². The van der Waals surface area contributed by atoms with Crippen LogP contribution in [0.1, 0.15) is 37.4 Å². The van der Waals surface area contributed by atoms with Crippen molar-refractivity contribution < 1.29 is 0 Å². The van der Waals surface area contributed by atoms with Crippen LogP contribution in [-0.2, 0) is 6.42 Å². The number of hydrogen-bond acceptors (Lipinski definition) is 2. The van der Waals surface area contributed by atoms with Gasteiger partial charge in [-0.1, -0.05) is 20.8 Å². The van der Waals surface area contributed by atoms with Gasteiger partial charge in [0.25, 0.3) is 0 Å². The molecule has 0 N–H and O–H groups in total. The Kier molecular flexibility index (Phi) is 2.44. The highest BCUT2D eigenvalue weighted by molar-refractivity contribution is 7.09. The normalized spacial score (nSPS) is 10.8. The minimum atomic E-state index is 0.588. The molecule has 1 heterocycles. The number of nitrogens with zero attached hydrogens (tertiary/aromatic N) is 1. The van der Waals surface area contributed by atoms with Gasteiger partial charge in [0.1, 0.15) is 0 Å². The first-order valence-corrected chi connectivity index (χ1v) is 4.56. The number of thiazole rings is 1. The van der Waals surface area contributed by atoms with E-state index in [4.69, 9.17) is 0 Å². The zero-order valence-electron chi connectivity index (χ0n) is 6.72. The highest BCUT2D eigenvalue weighted by Crippen LogP contribution is 2.18. The Bertz CT molecular complexity index is 203.